The molecule has 5 nitrogen and oxygen atoms in total. The predicted octanol–water partition coefficient (Wildman–Crippen LogP) is 1.34. The van der Waals surface area contributed by atoms with E-state index in [0.29, 0.717) is 19.6 Å². The Labute approximate surface area is 119 Å². The van der Waals surface area contributed by atoms with Crippen molar-refractivity contribution < 1.29 is 22.1 Å². The number of ether oxygens (including phenoxy) is 2. The van der Waals surface area contributed by atoms with Crippen molar-refractivity contribution in [2.45, 2.75) is 31.3 Å². The van der Waals surface area contributed by atoms with E-state index in [1.165, 1.54) is 0 Å². The maximum Gasteiger partial charge on any atom is 0.264 e. The Balaban J connectivity index is 1.53. The summed E-state index contributed by atoms with van der Waals surface area (Å²) in [6.07, 6.45) is 1.64. The Kier molecular flexibility index (Phi) is 3.81. The molecule has 0 unspecified atom stereocenters. The van der Waals surface area contributed by atoms with Crippen LogP contribution >= 0.6 is 0 Å². The molecule has 1 saturated carbocycles. The van der Waals surface area contributed by atoms with Gasteiger partial charge in [0.15, 0.2) is 0 Å². The second-order valence-electron chi connectivity index (χ2n) is 5.38. The van der Waals surface area contributed by atoms with Gasteiger partial charge in [-0.3, -0.25) is 4.18 Å². The molecule has 0 radical (unpaired) electrons. The van der Waals surface area contributed by atoms with Crippen LogP contribution in [0.1, 0.15) is 12.0 Å². The Bertz CT molecular complexity index is 556. The van der Waals surface area contributed by atoms with Gasteiger partial charge in [-0.1, -0.05) is 30.3 Å². The van der Waals surface area contributed by atoms with Crippen LogP contribution in [0.3, 0.4) is 0 Å². The molecule has 20 heavy (non-hydrogen) atoms. The molecule has 1 aliphatic carbocycles. The summed E-state index contributed by atoms with van der Waals surface area (Å²) in [5.74, 6) is -0.00145. The summed E-state index contributed by atoms with van der Waals surface area (Å²) in [5.41, 5.74) is 1.10. The topological polar surface area (TPSA) is 65.1 Å². The summed E-state index contributed by atoms with van der Waals surface area (Å²) in [7, 11) is -3.43. The molecule has 3 rings (SSSR count). The van der Waals surface area contributed by atoms with Crippen LogP contribution in [0.2, 0.25) is 0 Å². The smallest absolute Gasteiger partial charge is 0.264 e. The normalized spacial score (nSPS) is 32.0. The van der Waals surface area contributed by atoms with Gasteiger partial charge in [-0.2, -0.15) is 8.42 Å². The fourth-order valence-electron chi connectivity index (χ4n) is 2.76. The number of epoxide rings is 1. The van der Waals surface area contributed by atoms with E-state index in [2.05, 4.69) is 0 Å². The van der Waals surface area contributed by atoms with Crippen LogP contribution in [-0.2, 0) is 30.4 Å². The third kappa shape index (κ3) is 3.38. The van der Waals surface area contributed by atoms with E-state index >= 15 is 0 Å². The largest absolute Gasteiger partial charge is 0.376 e. The zero-order valence-corrected chi connectivity index (χ0v) is 12.1. The van der Waals surface area contributed by atoms with Crippen LogP contribution in [0.25, 0.3) is 0 Å². The lowest BCUT2D eigenvalue weighted by Crippen LogP contribution is -2.29. The molecule has 1 aromatic carbocycles. The number of hydrogen-bond donors (Lipinski definition) is 0. The minimum Gasteiger partial charge on any atom is -0.376 e. The van der Waals surface area contributed by atoms with Crippen LogP contribution in [-0.4, -0.2) is 39.6 Å². The Morgan fingerprint density at radius 3 is 2.75 bits per heavy atom. The molecule has 0 bridgehead atoms. The van der Waals surface area contributed by atoms with E-state index in [4.69, 9.17) is 13.7 Å². The third-order valence-corrected chi connectivity index (χ3v) is 4.30. The number of hydrogen-bond acceptors (Lipinski definition) is 5. The van der Waals surface area contributed by atoms with Crippen molar-refractivity contribution in [1.29, 1.82) is 0 Å². The second kappa shape index (κ2) is 5.44. The fraction of sp³-hybridized carbons (Fsp3) is 0.571. The zero-order chi connectivity index (χ0) is 14.2. The van der Waals surface area contributed by atoms with Crippen LogP contribution < -0.4 is 0 Å². The molecule has 1 aliphatic heterocycles. The Morgan fingerprint density at radius 1 is 1.30 bits per heavy atom. The van der Waals surface area contributed by atoms with Gasteiger partial charge in [0.1, 0.15) is 0 Å². The average molecular weight is 298 g/mol. The highest BCUT2D eigenvalue weighted by molar-refractivity contribution is 7.86. The molecule has 0 amide bonds. The zero-order valence-electron chi connectivity index (χ0n) is 11.3. The fourth-order valence-corrected chi connectivity index (χ4v) is 3.43. The Morgan fingerprint density at radius 2 is 2.05 bits per heavy atom. The molecule has 110 valence electrons. The van der Waals surface area contributed by atoms with E-state index in [1.54, 1.807) is 0 Å². The monoisotopic (exact) mass is 298 g/mol. The maximum atomic E-state index is 11.2. The van der Waals surface area contributed by atoms with Gasteiger partial charge in [-0.25, -0.2) is 0 Å². The first kappa shape index (κ1) is 14.0. The van der Waals surface area contributed by atoms with Crippen LogP contribution in [0.4, 0.5) is 0 Å². The molecule has 0 spiro atoms. The predicted molar refractivity (Wildman–Crippen MR) is 72.6 cm³/mol. The summed E-state index contributed by atoms with van der Waals surface area (Å²) in [6, 6.07) is 9.87. The SMILES string of the molecule is CS(=O)(=O)O[C@@H]1C[C@@H]2O[C@@H]2[C@@H]1COCc1ccccc1. The van der Waals surface area contributed by atoms with Gasteiger partial charge in [0.2, 0.25) is 0 Å². The number of fused-ring (bicyclic) bond motifs is 1. The van der Waals surface area contributed by atoms with Gasteiger partial charge >= 0.3 is 0 Å². The highest BCUT2D eigenvalue weighted by Crippen LogP contribution is 2.45. The third-order valence-electron chi connectivity index (χ3n) is 3.71. The van der Waals surface area contributed by atoms with Crippen molar-refractivity contribution >= 4 is 10.1 Å². The summed E-state index contributed by atoms with van der Waals surface area (Å²) < 4.78 is 38.8. The molecule has 2 aliphatic rings. The summed E-state index contributed by atoms with van der Waals surface area (Å²) in [5, 5.41) is 0. The molecule has 1 saturated heterocycles. The van der Waals surface area contributed by atoms with E-state index < -0.39 is 10.1 Å². The number of rotatable bonds is 6. The van der Waals surface area contributed by atoms with Gasteiger partial charge in [-0.15, -0.1) is 0 Å². The van der Waals surface area contributed by atoms with Gasteiger partial charge in [0, 0.05) is 12.3 Å². The molecule has 0 N–H and O–H groups in total. The molecule has 0 aromatic heterocycles. The molecule has 6 heteroatoms. The lowest BCUT2D eigenvalue weighted by atomic mass is 10.1. The van der Waals surface area contributed by atoms with Gasteiger partial charge < -0.3 is 9.47 Å². The lowest BCUT2D eigenvalue weighted by molar-refractivity contribution is 0.0193. The first-order valence-electron chi connectivity index (χ1n) is 6.68. The van der Waals surface area contributed by atoms with Gasteiger partial charge in [0.05, 0.1) is 37.8 Å². The van der Waals surface area contributed by atoms with Crippen molar-refractivity contribution in [3.63, 3.8) is 0 Å². The summed E-state index contributed by atoms with van der Waals surface area (Å²) >= 11 is 0. The van der Waals surface area contributed by atoms with Gasteiger partial charge in [0.25, 0.3) is 10.1 Å². The summed E-state index contributed by atoms with van der Waals surface area (Å²) in [6.45, 7) is 0.969. The van der Waals surface area contributed by atoms with Crippen LogP contribution in [0.5, 0.6) is 0 Å². The van der Waals surface area contributed by atoms with Crippen molar-refractivity contribution in [3.05, 3.63) is 35.9 Å². The van der Waals surface area contributed by atoms with E-state index in [-0.39, 0.29) is 24.2 Å². The maximum absolute atomic E-state index is 11.2. The molecular weight excluding hydrogens is 280 g/mol. The highest BCUT2D eigenvalue weighted by Gasteiger charge is 2.56. The van der Waals surface area contributed by atoms with Crippen LogP contribution in [0, 0.1) is 5.92 Å². The van der Waals surface area contributed by atoms with Crippen molar-refractivity contribution in [3.8, 4) is 0 Å². The van der Waals surface area contributed by atoms with Gasteiger partial charge in [-0.05, 0) is 5.56 Å². The highest BCUT2D eigenvalue weighted by atomic mass is 32.2. The van der Waals surface area contributed by atoms with Crippen LogP contribution in [0.15, 0.2) is 30.3 Å². The standard InChI is InChI=1S/C14H18O5S/c1-20(15,16)19-12-7-13-14(18-13)11(12)9-17-8-10-5-3-2-4-6-10/h2-6,11-14H,7-9H2,1H3/t11-,12-,13+,14-/m1/s1. The average Bonchev–Trinajstić information content (AvgIpc) is 3.06. The minimum absolute atomic E-state index is 0.00145. The van der Waals surface area contributed by atoms with E-state index in [1.807, 2.05) is 30.3 Å². The lowest BCUT2D eigenvalue weighted by Gasteiger charge is -2.20. The Hall–Kier alpha value is -0.950. The first-order chi connectivity index (χ1) is 9.53. The molecule has 1 heterocycles. The summed E-state index contributed by atoms with van der Waals surface area (Å²) in [4.78, 5) is 0. The molecule has 1 aromatic rings. The number of benzene rings is 1. The van der Waals surface area contributed by atoms with Crippen molar-refractivity contribution in [2.24, 2.45) is 5.92 Å². The molecular formula is C14H18O5S. The minimum atomic E-state index is -3.43. The second-order valence-corrected chi connectivity index (χ2v) is 6.98. The molecule has 4 atom stereocenters. The van der Waals surface area contributed by atoms with E-state index in [0.717, 1.165) is 11.8 Å². The van der Waals surface area contributed by atoms with Crippen molar-refractivity contribution in [2.75, 3.05) is 12.9 Å². The van der Waals surface area contributed by atoms with E-state index in [9.17, 15) is 8.42 Å². The first-order valence-corrected chi connectivity index (χ1v) is 8.50. The van der Waals surface area contributed by atoms with Crippen molar-refractivity contribution in [1.82, 2.24) is 0 Å². The molecule has 2 fully saturated rings. The quantitative estimate of drug-likeness (QED) is 0.585.